The molecule has 0 aliphatic heterocycles. The van der Waals surface area contributed by atoms with Crippen molar-refractivity contribution < 1.29 is 0 Å². The summed E-state index contributed by atoms with van der Waals surface area (Å²) in [4.78, 5) is 0. The average Bonchev–Trinajstić information content (AvgIpc) is 2.66. The van der Waals surface area contributed by atoms with Crippen LogP contribution in [-0.4, -0.2) is 75.0 Å². The molecule has 0 aliphatic carbocycles. The summed E-state index contributed by atoms with van der Waals surface area (Å²) in [6, 6.07) is 0. The molecule has 48 heavy (non-hydrogen) atoms. The molecular weight excluding hydrogens is 830 g/mol. The fourth-order valence-electron chi connectivity index (χ4n) is 10.4. The Kier molecular flexibility index (Phi) is 28.1. The Hall–Kier alpha value is 2.31. The van der Waals surface area contributed by atoms with E-state index in [1.54, 1.807) is 0 Å². The molecule has 284 valence electrons. The van der Waals surface area contributed by atoms with E-state index in [1.807, 2.05) is 0 Å². The number of allylic oxidation sites excluding steroid dienone is 2. The van der Waals surface area contributed by atoms with Crippen LogP contribution < -0.4 is 0 Å². The van der Waals surface area contributed by atoms with Crippen molar-refractivity contribution in [3.8, 4) is 0 Å². The van der Waals surface area contributed by atoms with Gasteiger partial charge in [0.05, 0.1) is 26.4 Å². The molecule has 0 bridgehead atoms. The molecule has 0 aromatic carbocycles. The zero-order valence-corrected chi connectivity index (χ0v) is 48.4. The van der Waals surface area contributed by atoms with Crippen molar-refractivity contribution in [1.29, 1.82) is 0 Å². The van der Waals surface area contributed by atoms with Gasteiger partial charge in [-0.25, -0.2) is 0 Å². The Labute approximate surface area is 343 Å². The predicted molar refractivity (Wildman–Crippen MR) is 241 cm³/mol. The maximum atomic E-state index is 4.64. The molecule has 0 rings (SSSR count). The van der Waals surface area contributed by atoms with E-state index in [9.17, 15) is 0 Å². The zero-order valence-electron chi connectivity index (χ0n) is 38.4. The summed E-state index contributed by atoms with van der Waals surface area (Å²) < 4.78 is 0. The Morgan fingerprint density at radius 1 is 0.375 bits per heavy atom. The van der Waals surface area contributed by atoms with Crippen LogP contribution in [0.25, 0.3) is 0 Å². The second-order valence-corrected chi connectivity index (χ2v) is 40.2. The Balaban J connectivity index is -0.000000172. The molecule has 0 aromatic heterocycles. The third-order valence-electron chi connectivity index (χ3n) is 7.48. The van der Waals surface area contributed by atoms with Gasteiger partial charge in [0.1, 0.15) is 0 Å². The van der Waals surface area contributed by atoms with Crippen LogP contribution in [0.15, 0.2) is 11.6 Å². The molecule has 0 aliphatic rings. The second-order valence-electron chi connectivity index (χ2n) is 22.8. The van der Waals surface area contributed by atoms with Gasteiger partial charge >= 0.3 is 87.7 Å². The van der Waals surface area contributed by atoms with Crippen LogP contribution in [0.4, 0.5) is 0 Å². The van der Waals surface area contributed by atoms with Crippen molar-refractivity contribution in [3.63, 3.8) is 0 Å². The van der Waals surface area contributed by atoms with E-state index < -0.39 is 26.4 Å². The van der Waals surface area contributed by atoms with Gasteiger partial charge in [-0.15, -0.1) is 0 Å². The minimum absolute atomic E-state index is 0.391. The van der Waals surface area contributed by atoms with Crippen LogP contribution in [0.5, 0.6) is 0 Å². The SMILES string of the molecule is C/C(=C/[CH2][Ge])[CH2][Ge].CC(C)(C)[Si](C(C)(C)C)C(C)(C)C.CC(C)(C)[Si](C(C)(C)C)C(C)(C)C.CC(C)(C)[Si](C(C)(C)C)C(C)(C)C.[Cl][Ge]. The molecule has 0 N–H and O–H groups in total. The topological polar surface area (TPSA) is 0 Å². The molecule has 0 nitrogen and oxygen atoms in total. The zero-order chi connectivity index (χ0) is 40.9. The van der Waals surface area contributed by atoms with E-state index >= 15 is 0 Å². The van der Waals surface area contributed by atoms with Crippen LogP contribution in [0, 0.1) is 0 Å². The molecule has 0 unspecified atom stereocenters. The predicted octanol–water partition coefficient (Wildman–Crippen LogP) is 16.1. The first-order valence-electron chi connectivity index (χ1n) is 18.2. The van der Waals surface area contributed by atoms with Gasteiger partial charge < -0.3 is 0 Å². The van der Waals surface area contributed by atoms with Crippen molar-refractivity contribution in [2.45, 2.75) is 250 Å². The van der Waals surface area contributed by atoms with Gasteiger partial charge in [-0.3, -0.25) is 0 Å². The fourth-order valence-corrected chi connectivity index (χ4v) is 31.7. The van der Waals surface area contributed by atoms with Gasteiger partial charge in [-0.1, -0.05) is 187 Å². The summed E-state index contributed by atoms with van der Waals surface area (Å²) in [7, 11) is 3.47. The summed E-state index contributed by atoms with van der Waals surface area (Å²) in [6.07, 6.45) is 2.26. The van der Waals surface area contributed by atoms with Gasteiger partial charge in [0.15, 0.2) is 0 Å². The van der Waals surface area contributed by atoms with E-state index in [0.717, 1.165) is 0 Å². The summed E-state index contributed by atoms with van der Waals surface area (Å²) in [5.41, 5.74) is 1.50. The maximum absolute atomic E-state index is 4.64. The second kappa shape index (κ2) is 22.6. The molecule has 0 atom stereocenters. The van der Waals surface area contributed by atoms with Crippen LogP contribution in [0.2, 0.25) is 55.9 Å². The van der Waals surface area contributed by atoms with E-state index in [0.29, 0.717) is 45.3 Å². The number of halogens is 1. The van der Waals surface area contributed by atoms with Gasteiger partial charge in [0.2, 0.25) is 0 Å². The molecule has 0 spiro atoms. The Morgan fingerprint density at radius 3 is 0.521 bits per heavy atom. The van der Waals surface area contributed by atoms with Gasteiger partial charge in [0, 0.05) is 0 Å². The summed E-state index contributed by atoms with van der Waals surface area (Å²) in [6.45, 7) is 67.0. The van der Waals surface area contributed by atoms with E-state index in [2.05, 4.69) is 243 Å². The van der Waals surface area contributed by atoms with Gasteiger partial charge in [-0.05, 0) is 45.3 Å². The number of hydrogen-bond donors (Lipinski definition) is 0. The van der Waals surface area contributed by atoms with Crippen molar-refractivity contribution >= 4 is 85.0 Å². The molecule has 7 heteroatoms. The van der Waals surface area contributed by atoms with Crippen LogP contribution in [0.3, 0.4) is 0 Å². The first-order valence-corrected chi connectivity index (χ1v) is 28.4. The number of hydrogen-bond acceptors (Lipinski definition) is 0. The molecular formula is C41H89ClGe3Si3. The third-order valence-corrected chi connectivity index (χ3v) is 22.6. The molecule has 0 amide bonds. The van der Waals surface area contributed by atoms with Crippen molar-refractivity contribution in [2.24, 2.45) is 0 Å². The summed E-state index contributed by atoms with van der Waals surface area (Å²) in [5, 5.41) is 6.77. The standard InChI is InChI=1S/3C12H27Si.C5H8Ge2.ClGe/c3*1-10(2,3)13(11(4,5)6)12(7,8)9;1-5(4-7)2-3-6;1-2/h3*1-9H3;2H,3-4H2,1H3;/b;;;5-2-;. The first kappa shape index (κ1) is 59.6. The molecule has 0 heterocycles. The molecule has 12 radical (unpaired) electrons. The van der Waals surface area contributed by atoms with E-state index in [4.69, 9.17) is 0 Å². The summed E-state index contributed by atoms with van der Waals surface area (Å²) in [5.74, 6) is 0. The third kappa shape index (κ3) is 28.8. The molecule has 0 saturated carbocycles. The monoisotopic (exact) mass is 922 g/mol. The van der Waals surface area contributed by atoms with E-state index in [1.165, 1.54) is 31.7 Å². The minimum atomic E-state index is -0.391. The molecule has 0 saturated heterocycles. The molecule has 0 aromatic rings. The number of rotatable bonds is 2. The van der Waals surface area contributed by atoms with Crippen LogP contribution in [-0.2, 0) is 0 Å². The summed E-state index contributed by atoms with van der Waals surface area (Å²) >= 11 is 5.82. The van der Waals surface area contributed by atoms with Crippen molar-refractivity contribution in [3.05, 3.63) is 11.6 Å². The molecule has 0 fully saturated rings. The first-order chi connectivity index (χ1) is 20.4. The Morgan fingerprint density at radius 2 is 0.500 bits per heavy atom. The van der Waals surface area contributed by atoms with Crippen molar-refractivity contribution in [1.82, 2.24) is 0 Å². The van der Waals surface area contributed by atoms with Crippen LogP contribution >= 0.6 is 10.0 Å². The Bertz CT molecular complexity index is 651. The normalized spacial score (nSPS) is 14.3. The van der Waals surface area contributed by atoms with Gasteiger partial charge in [-0.2, -0.15) is 0 Å². The quantitative estimate of drug-likeness (QED) is 0.191. The van der Waals surface area contributed by atoms with Gasteiger partial charge in [0.25, 0.3) is 0 Å². The van der Waals surface area contributed by atoms with Crippen LogP contribution in [0.1, 0.15) is 194 Å². The average molecular weight is 920 g/mol. The van der Waals surface area contributed by atoms with Crippen molar-refractivity contribution in [2.75, 3.05) is 0 Å². The van der Waals surface area contributed by atoms with E-state index in [-0.39, 0.29) is 0 Å². The fraction of sp³-hybridized carbons (Fsp3) is 0.951.